The SMILES string of the molecule is Cc1cc(C)nc(SCC(=O)N(Cc2ccccc2F)C(C(=O)Nc2ccc3c(c2)OCO3)C(C)C)n1. The van der Waals surface area contributed by atoms with Gasteiger partial charge in [-0.05, 0) is 44.0 Å². The normalized spacial score (nSPS) is 12.9. The smallest absolute Gasteiger partial charge is 0.247 e. The van der Waals surface area contributed by atoms with Crippen LogP contribution in [0.4, 0.5) is 10.1 Å². The molecule has 1 atom stereocenters. The van der Waals surface area contributed by atoms with Crippen LogP contribution in [-0.4, -0.2) is 45.3 Å². The number of carbonyl (C=O) groups excluding carboxylic acids is 2. The van der Waals surface area contributed by atoms with Crippen LogP contribution in [0.15, 0.2) is 53.7 Å². The minimum absolute atomic E-state index is 0.00211. The summed E-state index contributed by atoms with van der Waals surface area (Å²) in [7, 11) is 0. The van der Waals surface area contributed by atoms with Gasteiger partial charge in [-0.1, -0.05) is 43.8 Å². The highest BCUT2D eigenvalue weighted by Gasteiger charge is 2.33. The van der Waals surface area contributed by atoms with Crippen LogP contribution in [0.5, 0.6) is 11.5 Å². The largest absolute Gasteiger partial charge is 0.454 e. The van der Waals surface area contributed by atoms with Crippen LogP contribution in [0.3, 0.4) is 0 Å². The van der Waals surface area contributed by atoms with Crippen molar-refractivity contribution in [2.24, 2.45) is 5.92 Å². The van der Waals surface area contributed by atoms with Crippen LogP contribution in [0.1, 0.15) is 30.8 Å². The quantitative estimate of drug-likeness (QED) is 0.319. The molecule has 2 amide bonds. The average molecular weight is 525 g/mol. The Morgan fingerprint density at radius 3 is 2.46 bits per heavy atom. The van der Waals surface area contributed by atoms with Crippen LogP contribution in [0, 0.1) is 25.6 Å². The fourth-order valence-corrected chi connectivity index (χ4v) is 4.95. The van der Waals surface area contributed by atoms with Crippen molar-refractivity contribution in [1.82, 2.24) is 14.9 Å². The molecule has 3 aromatic rings. The number of thioether (sulfide) groups is 1. The van der Waals surface area contributed by atoms with Gasteiger partial charge in [0, 0.05) is 35.2 Å². The van der Waals surface area contributed by atoms with Crippen molar-refractivity contribution < 1.29 is 23.5 Å². The Morgan fingerprint density at radius 1 is 1.05 bits per heavy atom. The molecule has 1 aromatic heterocycles. The number of benzene rings is 2. The molecule has 0 bridgehead atoms. The summed E-state index contributed by atoms with van der Waals surface area (Å²) in [6, 6.07) is 12.3. The number of aryl methyl sites for hydroxylation is 2. The molecule has 0 saturated carbocycles. The van der Waals surface area contributed by atoms with Gasteiger partial charge in [0.05, 0.1) is 5.75 Å². The Morgan fingerprint density at radius 2 is 1.76 bits per heavy atom. The van der Waals surface area contributed by atoms with Crippen LogP contribution in [-0.2, 0) is 16.1 Å². The lowest BCUT2D eigenvalue weighted by Crippen LogP contribution is -2.50. The highest BCUT2D eigenvalue weighted by Crippen LogP contribution is 2.34. The Hall–Kier alpha value is -3.66. The molecule has 1 unspecified atom stereocenters. The van der Waals surface area contributed by atoms with Crippen LogP contribution >= 0.6 is 11.8 Å². The van der Waals surface area contributed by atoms with Gasteiger partial charge in [0.15, 0.2) is 16.7 Å². The van der Waals surface area contributed by atoms with E-state index >= 15 is 0 Å². The van der Waals surface area contributed by atoms with E-state index in [1.54, 1.807) is 36.4 Å². The zero-order valence-electron chi connectivity index (χ0n) is 21.2. The average Bonchev–Trinajstić information content (AvgIpc) is 3.30. The first-order chi connectivity index (χ1) is 17.7. The number of ether oxygens (including phenoxy) is 2. The number of rotatable bonds is 9. The van der Waals surface area contributed by atoms with Crippen molar-refractivity contribution in [3.63, 3.8) is 0 Å². The van der Waals surface area contributed by atoms with Gasteiger partial charge in [0.1, 0.15) is 11.9 Å². The van der Waals surface area contributed by atoms with Crippen molar-refractivity contribution in [2.45, 2.75) is 45.4 Å². The predicted octanol–water partition coefficient (Wildman–Crippen LogP) is 4.75. The van der Waals surface area contributed by atoms with E-state index in [0.717, 1.165) is 11.4 Å². The fourth-order valence-electron chi connectivity index (χ4n) is 4.11. The molecule has 0 fully saturated rings. The first-order valence-corrected chi connectivity index (χ1v) is 12.9. The third kappa shape index (κ3) is 6.56. The van der Waals surface area contributed by atoms with Crippen molar-refractivity contribution in [1.29, 1.82) is 0 Å². The number of fused-ring (bicyclic) bond motifs is 1. The van der Waals surface area contributed by atoms with E-state index < -0.39 is 11.9 Å². The molecule has 0 saturated heterocycles. The molecule has 1 N–H and O–H groups in total. The Bertz CT molecular complexity index is 1280. The van der Waals surface area contributed by atoms with Crippen molar-refractivity contribution in [2.75, 3.05) is 17.9 Å². The first kappa shape index (κ1) is 26.4. The molecule has 0 radical (unpaired) electrons. The van der Waals surface area contributed by atoms with E-state index in [2.05, 4.69) is 15.3 Å². The Balaban J connectivity index is 1.58. The second-order valence-electron chi connectivity index (χ2n) is 9.08. The maximum absolute atomic E-state index is 14.6. The van der Waals surface area contributed by atoms with Gasteiger partial charge in [-0.25, -0.2) is 14.4 Å². The summed E-state index contributed by atoms with van der Waals surface area (Å²) in [6.45, 7) is 7.49. The fraction of sp³-hybridized carbons (Fsp3) is 0.333. The molecule has 2 heterocycles. The highest BCUT2D eigenvalue weighted by molar-refractivity contribution is 7.99. The molecule has 1 aliphatic heterocycles. The maximum atomic E-state index is 14.6. The number of carbonyl (C=O) groups is 2. The third-order valence-corrected chi connectivity index (χ3v) is 6.61. The summed E-state index contributed by atoms with van der Waals surface area (Å²) in [5.41, 5.74) is 2.43. The monoisotopic (exact) mass is 524 g/mol. The molecular formula is C27H29FN4O4S. The lowest BCUT2D eigenvalue weighted by atomic mass is 10.00. The van der Waals surface area contributed by atoms with E-state index in [4.69, 9.17) is 9.47 Å². The molecule has 10 heteroatoms. The molecule has 1 aliphatic rings. The summed E-state index contributed by atoms with van der Waals surface area (Å²) in [6.07, 6.45) is 0. The zero-order valence-corrected chi connectivity index (χ0v) is 22.0. The number of amides is 2. The summed E-state index contributed by atoms with van der Waals surface area (Å²) in [4.78, 5) is 37.3. The van der Waals surface area contributed by atoms with E-state index in [9.17, 15) is 14.0 Å². The molecular weight excluding hydrogens is 495 g/mol. The molecule has 194 valence electrons. The van der Waals surface area contributed by atoms with E-state index in [0.29, 0.717) is 27.9 Å². The number of anilines is 1. The zero-order chi connectivity index (χ0) is 26.5. The summed E-state index contributed by atoms with van der Waals surface area (Å²) in [5.74, 6) is -0.278. The van der Waals surface area contributed by atoms with Gasteiger partial charge in [-0.2, -0.15) is 0 Å². The molecule has 0 spiro atoms. The third-order valence-electron chi connectivity index (χ3n) is 5.78. The Labute approximate surface area is 219 Å². The van der Waals surface area contributed by atoms with Crippen molar-refractivity contribution in [3.05, 3.63) is 71.3 Å². The van der Waals surface area contributed by atoms with E-state index in [-0.39, 0.29) is 36.8 Å². The van der Waals surface area contributed by atoms with E-state index in [1.807, 2.05) is 33.8 Å². The van der Waals surface area contributed by atoms with Crippen LogP contribution < -0.4 is 14.8 Å². The highest BCUT2D eigenvalue weighted by atomic mass is 32.2. The second-order valence-corrected chi connectivity index (χ2v) is 10.0. The standard InChI is InChI=1S/C27H29FN4O4S/c1-16(2)25(26(34)31-20-9-10-22-23(12-20)36-15-35-22)32(13-19-7-5-6-8-21(19)28)24(33)14-37-27-29-17(3)11-18(4)30-27/h5-12,16,25H,13-15H2,1-4H3,(H,31,34). The number of halogens is 1. The topological polar surface area (TPSA) is 93.7 Å². The lowest BCUT2D eigenvalue weighted by Gasteiger charge is -2.33. The second kappa shape index (κ2) is 11.6. The van der Waals surface area contributed by atoms with Gasteiger partial charge in [0.2, 0.25) is 18.6 Å². The van der Waals surface area contributed by atoms with Crippen molar-refractivity contribution >= 4 is 29.3 Å². The van der Waals surface area contributed by atoms with Crippen LogP contribution in [0.25, 0.3) is 0 Å². The van der Waals surface area contributed by atoms with Crippen molar-refractivity contribution in [3.8, 4) is 11.5 Å². The summed E-state index contributed by atoms with van der Waals surface area (Å²) < 4.78 is 25.3. The Kier molecular flexibility index (Phi) is 8.27. The van der Waals surface area contributed by atoms with Crippen LogP contribution in [0.2, 0.25) is 0 Å². The van der Waals surface area contributed by atoms with E-state index in [1.165, 1.54) is 22.7 Å². The van der Waals surface area contributed by atoms with Gasteiger partial charge in [-0.3, -0.25) is 9.59 Å². The number of hydrogen-bond acceptors (Lipinski definition) is 7. The minimum atomic E-state index is -0.863. The molecule has 2 aromatic carbocycles. The number of hydrogen-bond donors (Lipinski definition) is 1. The van der Waals surface area contributed by atoms with Gasteiger partial charge >= 0.3 is 0 Å². The van der Waals surface area contributed by atoms with Gasteiger partial charge in [-0.15, -0.1) is 0 Å². The first-order valence-electron chi connectivity index (χ1n) is 11.9. The van der Waals surface area contributed by atoms with Gasteiger partial charge < -0.3 is 19.7 Å². The number of nitrogens with one attached hydrogen (secondary N) is 1. The number of aromatic nitrogens is 2. The minimum Gasteiger partial charge on any atom is -0.454 e. The number of nitrogens with zero attached hydrogens (tertiary/aromatic N) is 3. The molecule has 4 rings (SSSR count). The van der Waals surface area contributed by atoms with Gasteiger partial charge in [0.25, 0.3) is 0 Å². The molecule has 8 nitrogen and oxygen atoms in total. The summed E-state index contributed by atoms with van der Waals surface area (Å²) in [5, 5.41) is 3.36. The lowest BCUT2D eigenvalue weighted by molar-refractivity contribution is -0.138. The molecule has 37 heavy (non-hydrogen) atoms. The summed E-state index contributed by atoms with van der Waals surface area (Å²) >= 11 is 1.19. The predicted molar refractivity (Wildman–Crippen MR) is 139 cm³/mol. The molecule has 0 aliphatic carbocycles. The maximum Gasteiger partial charge on any atom is 0.247 e.